The zero-order chi connectivity index (χ0) is 22.9. The normalized spacial score (nSPS) is 14.0. The number of fused-ring (bicyclic) bond motifs is 2. The predicted octanol–water partition coefficient (Wildman–Crippen LogP) is 4.49. The quantitative estimate of drug-likeness (QED) is 0.319. The second-order valence-corrected chi connectivity index (χ2v) is 8.84. The van der Waals surface area contributed by atoms with E-state index in [1.54, 1.807) is 6.20 Å². The number of nitrogens with zero attached hydrogens (tertiary/aromatic N) is 3. The van der Waals surface area contributed by atoms with E-state index in [1.165, 1.54) is 5.56 Å². The number of rotatable bonds is 7. The third kappa shape index (κ3) is 3.95. The average Bonchev–Trinajstić information content (AvgIpc) is 3.59. The molecule has 1 aliphatic rings. The van der Waals surface area contributed by atoms with Gasteiger partial charge in [-0.2, -0.15) is 5.10 Å². The number of benzene rings is 2. The summed E-state index contributed by atoms with van der Waals surface area (Å²) in [5.41, 5.74) is 7.40. The molecule has 0 aliphatic carbocycles. The van der Waals surface area contributed by atoms with Crippen molar-refractivity contribution >= 4 is 27.7 Å². The van der Waals surface area contributed by atoms with E-state index < -0.39 is 0 Å². The molecule has 0 unspecified atom stereocenters. The molecule has 1 fully saturated rings. The minimum atomic E-state index is 0.279. The lowest BCUT2D eigenvalue weighted by Crippen LogP contribution is -2.32. The monoisotopic (exact) mass is 450 g/mol. The van der Waals surface area contributed by atoms with Gasteiger partial charge in [-0.25, -0.2) is 0 Å². The Morgan fingerprint density at radius 3 is 2.82 bits per heavy atom. The number of aromatic amines is 2. The average molecular weight is 451 g/mol. The van der Waals surface area contributed by atoms with Gasteiger partial charge in [0.1, 0.15) is 5.69 Å². The lowest BCUT2D eigenvalue weighted by atomic mass is 10.0. The Bertz CT molecular complexity index is 1470. The number of hydrogen-bond donors (Lipinski definition) is 3. The van der Waals surface area contributed by atoms with Crippen molar-refractivity contribution < 1.29 is 4.79 Å². The molecule has 0 bridgehead atoms. The molecule has 7 nitrogen and oxygen atoms in total. The van der Waals surface area contributed by atoms with E-state index >= 15 is 0 Å². The fourth-order valence-electron chi connectivity index (χ4n) is 4.74. The van der Waals surface area contributed by atoms with Crippen LogP contribution >= 0.6 is 0 Å². The van der Waals surface area contributed by atoms with Crippen LogP contribution in [0.15, 0.2) is 67.0 Å². The molecule has 6 rings (SSSR count). The minimum absolute atomic E-state index is 0.279. The number of hydrogen-bond acceptors (Lipinski definition) is 4. The molecule has 0 saturated carbocycles. The van der Waals surface area contributed by atoms with Gasteiger partial charge in [0, 0.05) is 66.8 Å². The third-order valence-corrected chi connectivity index (χ3v) is 6.56. The SMILES string of the molecule is O=C1CCCN1CCNCc1ccc2[nH]c(-c3n[nH]c4ccc(-c5cccnc5)cc34)cc2c1. The second-order valence-electron chi connectivity index (χ2n) is 8.84. The van der Waals surface area contributed by atoms with Gasteiger partial charge in [-0.3, -0.25) is 14.9 Å². The Kier molecular flexibility index (Phi) is 5.31. The lowest BCUT2D eigenvalue weighted by Gasteiger charge is -2.15. The number of carbonyl (C=O) groups excluding carboxylic acids is 1. The Hall–Kier alpha value is -3.97. The molecule has 1 aliphatic heterocycles. The van der Waals surface area contributed by atoms with Crippen molar-refractivity contribution in [3.05, 3.63) is 72.6 Å². The molecule has 34 heavy (non-hydrogen) atoms. The predicted molar refractivity (Wildman–Crippen MR) is 134 cm³/mol. The maximum absolute atomic E-state index is 11.7. The highest BCUT2D eigenvalue weighted by atomic mass is 16.2. The van der Waals surface area contributed by atoms with Gasteiger partial charge >= 0.3 is 0 Å². The fraction of sp³-hybridized carbons (Fsp3) is 0.222. The molecular formula is C27H26N6O. The summed E-state index contributed by atoms with van der Waals surface area (Å²) < 4.78 is 0. The number of amides is 1. The van der Waals surface area contributed by atoms with Gasteiger partial charge in [-0.15, -0.1) is 0 Å². The highest BCUT2D eigenvalue weighted by Crippen LogP contribution is 2.31. The highest BCUT2D eigenvalue weighted by Gasteiger charge is 2.19. The Labute approximate surface area is 197 Å². The van der Waals surface area contributed by atoms with E-state index in [0.717, 1.165) is 76.9 Å². The fourth-order valence-corrected chi connectivity index (χ4v) is 4.74. The molecule has 4 heterocycles. The van der Waals surface area contributed by atoms with E-state index in [1.807, 2.05) is 17.2 Å². The number of H-pyrrole nitrogens is 2. The Morgan fingerprint density at radius 1 is 1.03 bits per heavy atom. The zero-order valence-electron chi connectivity index (χ0n) is 18.8. The first-order valence-corrected chi connectivity index (χ1v) is 11.7. The van der Waals surface area contributed by atoms with E-state index in [4.69, 9.17) is 0 Å². The minimum Gasteiger partial charge on any atom is -0.353 e. The van der Waals surface area contributed by atoms with Gasteiger partial charge in [0.2, 0.25) is 5.91 Å². The van der Waals surface area contributed by atoms with Gasteiger partial charge in [0.05, 0.1) is 11.2 Å². The standard InChI is InChI=1S/C27H26N6O/c34-26-4-2-11-33(26)12-10-29-16-18-5-7-23-21(13-18)15-25(30-23)27-22-14-19(6-8-24(22)31-32-27)20-3-1-9-28-17-20/h1,3,5-9,13-15,17,29-30H,2,4,10-12,16H2,(H,31,32). The molecule has 3 aromatic heterocycles. The van der Waals surface area contributed by atoms with E-state index in [0.29, 0.717) is 6.42 Å². The first-order valence-electron chi connectivity index (χ1n) is 11.7. The Balaban J connectivity index is 1.21. The van der Waals surface area contributed by atoms with Gasteiger partial charge in [0.25, 0.3) is 0 Å². The number of aromatic nitrogens is 4. The van der Waals surface area contributed by atoms with Crippen molar-refractivity contribution in [2.75, 3.05) is 19.6 Å². The zero-order valence-corrected chi connectivity index (χ0v) is 18.8. The molecule has 2 aromatic carbocycles. The summed E-state index contributed by atoms with van der Waals surface area (Å²) in [6.45, 7) is 3.26. The Morgan fingerprint density at radius 2 is 1.97 bits per heavy atom. The molecule has 1 amide bonds. The second kappa shape index (κ2) is 8.76. The van der Waals surface area contributed by atoms with E-state index in [9.17, 15) is 4.79 Å². The van der Waals surface area contributed by atoms with Crippen LogP contribution in [0.4, 0.5) is 0 Å². The summed E-state index contributed by atoms with van der Waals surface area (Å²) in [4.78, 5) is 21.5. The number of likely N-dealkylation sites (tertiary alicyclic amines) is 1. The van der Waals surface area contributed by atoms with Crippen LogP contribution in [0.25, 0.3) is 44.3 Å². The van der Waals surface area contributed by atoms with Gasteiger partial charge < -0.3 is 15.2 Å². The molecule has 0 radical (unpaired) electrons. The molecule has 3 N–H and O–H groups in total. The van der Waals surface area contributed by atoms with Crippen LogP contribution in [0.1, 0.15) is 18.4 Å². The van der Waals surface area contributed by atoms with Gasteiger partial charge in [-0.1, -0.05) is 18.2 Å². The molecule has 5 aromatic rings. The topological polar surface area (TPSA) is 89.7 Å². The van der Waals surface area contributed by atoms with Crippen LogP contribution in [0, 0.1) is 0 Å². The summed E-state index contributed by atoms with van der Waals surface area (Å²) in [5.74, 6) is 0.279. The van der Waals surface area contributed by atoms with Crippen LogP contribution in [0.5, 0.6) is 0 Å². The van der Waals surface area contributed by atoms with Gasteiger partial charge in [-0.05, 0) is 53.9 Å². The summed E-state index contributed by atoms with van der Waals surface area (Å²) in [6, 6.07) is 19.0. The number of pyridine rings is 1. The maximum Gasteiger partial charge on any atom is 0.222 e. The smallest absolute Gasteiger partial charge is 0.222 e. The first kappa shape index (κ1) is 20.6. The lowest BCUT2D eigenvalue weighted by molar-refractivity contribution is -0.127. The van der Waals surface area contributed by atoms with Crippen molar-refractivity contribution in [2.24, 2.45) is 0 Å². The van der Waals surface area contributed by atoms with Crippen molar-refractivity contribution in [3.63, 3.8) is 0 Å². The van der Waals surface area contributed by atoms with Crippen molar-refractivity contribution in [1.82, 2.24) is 30.4 Å². The molecule has 0 spiro atoms. The molecule has 1 saturated heterocycles. The van der Waals surface area contributed by atoms with Crippen molar-refractivity contribution in [3.8, 4) is 22.5 Å². The van der Waals surface area contributed by atoms with Crippen molar-refractivity contribution in [1.29, 1.82) is 0 Å². The van der Waals surface area contributed by atoms with Crippen molar-refractivity contribution in [2.45, 2.75) is 19.4 Å². The van der Waals surface area contributed by atoms with Crippen LogP contribution < -0.4 is 5.32 Å². The molecule has 170 valence electrons. The highest BCUT2D eigenvalue weighted by molar-refractivity contribution is 5.97. The van der Waals surface area contributed by atoms with E-state index in [-0.39, 0.29) is 5.91 Å². The summed E-state index contributed by atoms with van der Waals surface area (Å²) >= 11 is 0. The largest absolute Gasteiger partial charge is 0.353 e. The first-order chi connectivity index (χ1) is 16.7. The number of nitrogens with one attached hydrogen (secondary N) is 3. The third-order valence-electron chi connectivity index (χ3n) is 6.56. The van der Waals surface area contributed by atoms with Crippen LogP contribution in [0.2, 0.25) is 0 Å². The molecule has 0 atom stereocenters. The van der Waals surface area contributed by atoms with Crippen LogP contribution in [-0.4, -0.2) is 50.6 Å². The summed E-state index contributed by atoms with van der Waals surface area (Å²) in [5, 5.41) is 13.5. The molecular weight excluding hydrogens is 424 g/mol. The van der Waals surface area contributed by atoms with E-state index in [2.05, 4.69) is 74.0 Å². The summed E-state index contributed by atoms with van der Waals surface area (Å²) in [6.07, 6.45) is 5.35. The van der Waals surface area contributed by atoms with Gasteiger partial charge in [0.15, 0.2) is 0 Å². The van der Waals surface area contributed by atoms with Crippen LogP contribution in [-0.2, 0) is 11.3 Å². The molecule has 7 heteroatoms. The maximum atomic E-state index is 11.7. The number of carbonyl (C=O) groups is 1. The van der Waals surface area contributed by atoms with Crippen LogP contribution in [0.3, 0.4) is 0 Å². The summed E-state index contributed by atoms with van der Waals surface area (Å²) in [7, 11) is 0.